The van der Waals surface area contributed by atoms with Gasteiger partial charge in [0.1, 0.15) is 6.10 Å². The average Bonchev–Trinajstić information content (AvgIpc) is 2.28. The zero-order chi connectivity index (χ0) is 11.5. The standard InChI is InChI=1S/C10H13ClO3S/c1-2-15(13,14)10(11)9(12)8-6-4-3-5-7-8/h3-7,9-10,12H,2H2,1H3/t9-,10-/m1/s1. The fourth-order valence-corrected chi connectivity index (χ4v) is 2.55. The summed E-state index contributed by atoms with van der Waals surface area (Å²) in [4.78, 5) is 0. The van der Waals surface area contributed by atoms with Gasteiger partial charge in [-0.15, -0.1) is 11.6 Å². The maximum atomic E-state index is 11.4. The summed E-state index contributed by atoms with van der Waals surface area (Å²) >= 11 is 5.72. The molecule has 0 bridgehead atoms. The Kier molecular flexibility index (Phi) is 4.13. The fraction of sp³-hybridized carbons (Fsp3) is 0.400. The minimum atomic E-state index is -3.43. The first-order valence-electron chi connectivity index (χ1n) is 4.57. The quantitative estimate of drug-likeness (QED) is 0.826. The van der Waals surface area contributed by atoms with Gasteiger partial charge >= 0.3 is 0 Å². The van der Waals surface area contributed by atoms with Crippen LogP contribution >= 0.6 is 11.6 Å². The number of aliphatic hydroxyl groups excluding tert-OH is 1. The van der Waals surface area contributed by atoms with E-state index < -0.39 is 20.7 Å². The Morgan fingerprint density at radius 1 is 1.33 bits per heavy atom. The molecule has 3 nitrogen and oxygen atoms in total. The zero-order valence-corrected chi connectivity index (χ0v) is 9.87. The van der Waals surface area contributed by atoms with Gasteiger partial charge in [0.2, 0.25) is 0 Å². The van der Waals surface area contributed by atoms with Crippen molar-refractivity contribution >= 4 is 21.4 Å². The van der Waals surface area contributed by atoms with E-state index in [-0.39, 0.29) is 5.75 Å². The summed E-state index contributed by atoms with van der Waals surface area (Å²) in [6, 6.07) is 8.52. The second kappa shape index (κ2) is 4.96. The van der Waals surface area contributed by atoms with Gasteiger partial charge in [-0.05, 0) is 5.56 Å². The van der Waals surface area contributed by atoms with E-state index in [0.29, 0.717) is 5.56 Å². The molecule has 2 atom stereocenters. The van der Waals surface area contributed by atoms with Crippen molar-refractivity contribution in [1.82, 2.24) is 0 Å². The van der Waals surface area contributed by atoms with Crippen molar-refractivity contribution in [1.29, 1.82) is 0 Å². The molecule has 0 aliphatic carbocycles. The summed E-state index contributed by atoms with van der Waals surface area (Å²) in [6.07, 6.45) is -1.18. The van der Waals surface area contributed by atoms with Crippen molar-refractivity contribution in [2.75, 3.05) is 5.75 Å². The van der Waals surface area contributed by atoms with Gasteiger partial charge in [-0.25, -0.2) is 8.42 Å². The first kappa shape index (κ1) is 12.5. The molecule has 5 heteroatoms. The van der Waals surface area contributed by atoms with Gasteiger partial charge in [-0.3, -0.25) is 0 Å². The molecule has 1 rings (SSSR count). The maximum absolute atomic E-state index is 11.4. The molecular formula is C10H13ClO3S. The van der Waals surface area contributed by atoms with Crippen LogP contribution in [0.3, 0.4) is 0 Å². The van der Waals surface area contributed by atoms with E-state index in [1.54, 1.807) is 30.3 Å². The number of sulfone groups is 1. The molecule has 0 amide bonds. The van der Waals surface area contributed by atoms with Crippen molar-refractivity contribution in [2.45, 2.75) is 17.7 Å². The molecule has 1 aromatic carbocycles. The molecule has 0 heterocycles. The number of hydrogen-bond donors (Lipinski definition) is 1. The first-order chi connectivity index (χ1) is 6.99. The van der Waals surface area contributed by atoms with Crippen LogP contribution in [0, 0.1) is 0 Å². The highest BCUT2D eigenvalue weighted by atomic mass is 35.5. The molecule has 1 aromatic rings. The van der Waals surface area contributed by atoms with Crippen LogP contribution in [0.15, 0.2) is 30.3 Å². The van der Waals surface area contributed by atoms with Crippen LogP contribution in [0.1, 0.15) is 18.6 Å². The summed E-state index contributed by atoms with van der Waals surface area (Å²) in [5, 5.41) is 9.74. The summed E-state index contributed by atoms with van der Waals surface area (Å²) in [7, 11) is -3.43. The van der Waals surface area contributed by atoms with Gasteiger partial charge < -0.3 is 5.11 Å². The van der Waals surface area contributed by atoms with Crippen molar-refractivity contribution < 1.29 is 13.5 Å². The minimum absolute atomic E-state index is 0.0783. The van der Waals surface area contributed by atoms with E-state index in [0.717, 1.165) is 0 Å². The summed E-state index contributed by atoms with van der Waals surface area (Å²) < 4.78 is 21.6. The monoisotopic (exact) mass is 248 g/mol. The number of aliphatic hydroxyl groups is 1. The Balaban J connectivity index is 2.92. The molecule has 0 saturated heterocycles. The highest BCUT2D eigenvalue weighted by Gasteiger charge is 2.29. The second-order valence-electron chi connectivity index (χ2n) is 3.16. The molecule has 0 saturated carbocycles. The van der Waals surface area contributed by atoms with Crippen molar-refractivity contribution in [3.63, 3.8) is 0 Å². The Morgan fingerprint density at radius 3 is 2.33 bits per heavy atom. The third-order valence-electron chi connectivity index (χ3n) is 2.13. The zero-order valence-electron chi connectivity index (χ0n) is 8.30. The Labute approximate surface area is 94.6 Å². The largest absolute Gasteiger partial charge is 0.386 e. The van der Waals surface area contributed by atoms with Crippen LogP contribution < -0.4 is 0 Å². The number of rotatable bonds is 4. The summed E-state index contributed by atoms with van der Waals surface area (Å²) in [5.41, 5.74) is 0.509. The average molecular weight is 249 g/mol. The van der Waals surface area contributed by atoms with Crippen LogP contribution in [0.5, 0.6) is 0 Å². The molecule has 0 fully saturated rings. The third-order valence-corrected chi connectivity index (χ3v) is 4.94. The molecule has 15 heavy (non-hydrogen) atoms. The lowest BCUT2D eigenvalue weighted by Gasteiger charge is -2.16. The number of halogens is 1. The number of benzene rings is 1. The van der Waals surface area contributed by atoms with Crippen LogP contribution in [0.25, 0.3) is 0 Å². The minimum Gasteiger partial charge on any atom is -0.386 e. The third kappa shape index (κ3) is 2.93. The smallest absolute Gasteiger partial charge is 0.169 e. The van der Waals surface area contributed by atoms with E-state index in [2.05, 4.69) is 0 Å². The molecule has 0 spiro atoms. The highest BCUT2D eigenvalue weighted by Crippen LogP contribution is 2.25. The molecule has 0 unspecified atom stereocenters. The van der Waals surface area contributed by atoms with Crippen LogP contribution in [-0.4, -0.2) is 24.0 Å². The molecule has 84 valence electrons. The van der Waals surface area contributed by atoms with Crippen molar-refractivity contribution in [2.24, 2.45) is 0 Å². The lowest BCUT2D eigenvalue weighted by atomic mass is 10.1. The van der Waals surface area contributed by atoms with E-state index >= 15 is 0 Å². The molecule has 1 N–H and O–H groups in total. The van der Waals surface area contributed by atoms with Gasteiger partial charge in [-0.2, -0.15) is 0 Å². The Morgan fingerprint density at radius 2 is 1.87 bits per heavy atom. The Bertz CT molecular complexity index is 402. The van der Waals surface area contributed by atoms with E-state index in [1.807, 2.05) is 0 Å². The highest BCUT2D eigenvalue weighted by molar-refractivity contribution is 7.93. The lowest BCUT2D eigenvalue weighted by molar-refractivity contribution is 0.191. The molecule has 0 radical (unpaired) electrons. The first-order valence-corrected chi connectivity index (χ1v) is 6.73. The SMILES string of the molecule is CCS(=O)(=O)[C@@H](Cl)[C@H](O)c1ccccc1. The molecule has 0 aliphatic rings. The summed E-state index contributed by atoms with van der Waals surface area (Å²) in [5.74, 6) is -0.0783. The Hall–Kier alpha value is -0.580. The van der Waals surface area contributed by atoms with Crippen LogP contribution in [-0.2, 0) is 9.84 Å². The maximum Gasteiger partial charge on any atom is 0.169 e. The van der Waals surface area contributed by atoms with Gasteiger partial charge in [-0.1, -0.05) is 37.3 Å². The number of alkyl halides is 1. The topological polar surface area (TPSA) is 54.4 Å². The van der Waals surface area contributed by atoms with Crippen molar-refractivity contribution in [3.8, 4) is 0 Å². The predicted octanol–water partition coefficient (Wildman–Crippen LogP) is 1.72. The molecular weight excluding hydrogens is 236 g/mol. The fourth-order valence-electron chi connectivity index (χ4n) is 1.16. The predicted molar refractivity (Wildman–Crippen MR) is 60.5 cm³/mol. The van der Waals surface area contributed by atoms with Crippen LogP contribution in [0.4, 0.5) is 0 Å². The summed E-state index contributed by atoms with van der Waals surface area (Å²) in [6.45, 7) is 1.50. The van der Waals surface area contributed by atoms with Crippen molar-refractivity contribution in [3.05, 3.63) is 35.9 Å². The van der Waals surface area contributed by atoms with Gasteiger partial charge in [0.25, 0.3) is 0 Å². The van der Waals surface area contributed by atoms with Gasteiger partial charge in [0, 0.05) is 5.75 Å². The number of hydrogen-bond acceptors (Lipinski definition) is 3. The molecule has 0 aromatic heterocycles. The van der Waals surface area contributed by atoms with Gasteiger partial charge in [0.15, 0.2) is 14.5 Å². The van der Waals surface area contributed by atoms with Gasteiger partial charge in [0.05, 0.1) is 0 Å². The van der Waals surface area contributed by atoms with Crippen LogP contribution in [0.2, 0.25) is 0 Å². The van der Waals surface area contributed by atoms with E-state index in [1.165, 1.54) is 6.92 Å². The van der Waals surface area contributed by atoms with E-state index in [9.17, 15) is 13.5 Å². The lowest BCUT2D eigenvalue weighted by Crippen LogP contribution is -2.24. The normalized spacial score (nSPS) is 15.9. The molecule has 0 aliphatic heterocycles. The van der Waals surface area contributed by atoms with E-state index in [4.69, 9.17) is 11.6 Å². The second-order valence-corrected chi connectivity index (χ2v) is 6.30.